The number of benzene rings is 2. The minimum Gasteiger partial charge on any atom is -0.278 e. The molecule has 0 aliphatic heterocycles. The van der Waals surface area contributed by atoms with Gasteiger partial charge in [0.15, 0.2) is 0 Å². The third-order valence-corrected chi connectivity index (χ3v) is 4.42. The number of nitrogens with one attached hydrogen (secondary N) is 1. The third kappa shape index (κ3) is 4.48. The van der Waals surface area contributed by atoms with E-state index in [9.17, 15) is 0 Å². The fourth-order valence-corrected chi connectivity index (χ4v) is 3.18. The molecule has 25 heavy (non-hydrogen) atoms. The molecule has 1 N–H and O–H groups in total. The predicted molar refractivity (Wildman–Crippen MR) is 108 cm³/mol. The number of allylic oxidation sites excluding steroid dienone is 4. The predicted octanol–water partition coefficient (Wildman–Crippen LogP) is 6.20. The summed E-state index contributed by atoms with van der Waals surface area (Å²) in [5.74, 6) is 0. The molecule has 0 spiro atoms. The van der Waals surface area contributed by atoms with Crippen molar-refractivity contribution in [1.82, 2.24) is 0 Å². The van der Waals surface area contributed by atoms with Crippen molar-refractivity contribution in [3.8, 4) is 0 Å². The van der Waals surface area contributed by atoms with Crippen molar-refractivity contribution in [2.75, 3.05) is 5.43 Å². The van der Waals surface area contributed by atoms with Crippen LogP contribution >= 0.6 is 0 Å². The smallest absolute Gasteiger partial charge is 0.0720 e. The summed E-state index contributed by atoms with van der Waals surface area (Å²) in [7, 11) is 0. The number of hydrogen-bond acceptors (Lipinski definition) is 2. The Hall–Kier alpha value is -2.61. The summed E-state index contributed by atoms with van der Waals surface area (Å²) in [6, 6.07) is 20.5. The summed E-state index contributed by atoms with van der Waals surface area (Å²) >= 11 is 0. The Morgan fingerprint density at radius 3 is 2.24 bits per heavy atom. The summed E-state index contributed by atoms with van der Waals surface area (Å²) in [5.41, 5.74) is 9.53. The minimum atomic E-state index is 0.164. The summed E-state index contributed by atoms with van der Waals surface area (Å²) in [4.78, 5) is 0. The van der Waals surface area contributed by atoms with Gasteiger partial charge in [0.1, 0.15) is 0 Å². The molecule has 128 valence electrons. The zero-order valence-corrected chi connectivity index (χ0v) is 15.3. The Bertz CT molecular complexity index is 791. The molecule has 0 amide bonds. The van der Waals surface area contributed by atoms with Crippen LogP contribution in [0.5, 0.6) is 0 Å². The van der Waals surface area contributed by atoms with E-state index in [1.165, 1.54) is 16.7 Å². The highest BCUT2D eigenvalue weighted by Crippen LogP contribution is 2.36. The molecule has 0 bridgehead atoms. The standard InChI is InChI=1S/C23H26N2/c1-23(2,3)21-16-10-13-19(21)17-22(18-11-6-4-7-12-18)25-24-20-14-8-5-9-15-20/h4-12,14-16,24H,13,17H2,1-3H3. The molecular formula is C23H26N2. The van der Waals surface area contributed by atoms with E-state index in [0.29, 0.717) is 0 Å². The van der Waals surface area contributed by atoms with Crippen LogP contribution in [-0.4, -0.2) is 5.71 Å². The van der Waals surface area contributed by atoms with Crippen LogP contribution in [0.15, 0.2) is 89.1 Å². The first-order valence-corrected chi connectivity index (χ1v) is 8.86. The molecule has 2 heteroatoms. The number of hydrazone groups is 1. The first kappa shape index (κ1) is 17.2. The molecule has 2 nitrogen and oxygen atoms in total. The van der Waals surface area contributed by atoms with Gasteiger partial charge in [0.25, 0.3) is 0 Å². The van der Waals surface area contributed by atoms with Crippen LogP contribution in [0.4, 0.5) is 5.69 Å². The van der Waals surface area contributed by atoms with E-state index < -0.39 is 0 Å². The van der Waals surface area contributed by atoms with Crippen LogP contribution in [0.1, 0.15) is 39.2 Å². The van der Waals surface area contributed by atoms with Gasteiger partial charge in [-0.25, -0.2) is 0 Å². The van der Waals surface area contributed by atoms with E-state index in [-0.39, 0.29) is 5.41 Å². The Morgan fingerprint density at radius 1 is 0.960 bits per heavy atom. The second-order valence-electron chi connectivity index (χ2n) is 7.45. The largest absolute Gasteiger partial charge is 0.278 e. The van der Waals surface area contributed by atoms with E-state index in [1.54, 1.807) is 0 Å². The van der Waals surface area contributed by atoms with Gasteiger partial charge >= 0.3 is 0 Å². The zero-order chi connectivity index (χ0) is 17.7. The topological polar surface area (TPSA) is 24.4 Å². The van der Waals surface area contributed by atoms with E-state index in [2.05, 4.69) is 62.6 Å². The van der Waals surface area contributed by atoms with Gasteiger partial charge < -0.3 is 0 Å². The summed E-state index contributed by atoms with van der Waals surface area (Å²) < 4.78 is 0. The van der Waals surface area contributed by atoms with Gasteiger partial charge in [-0.15, -0.1) is 0 Å². The molecule has 0 atom stereocenters. The van der Waals surface area contributed by atoms with Crippen LogP contribution in [-0.2, 0) is 0 Å². The molecule has 2 aromatic rings. The number of rotatable bonds is 5. The van der Waals surface area contributed by atoms with Crippen molar-refractivity contribution in [3.05, 3.63) is 89.5 Å². The second kappa shape index (κ2) is 7.52. The SMILES string of the molecule is CC(C)(C)C1=C(CC(=NNc2ccccc2)c2ccccc2)CC=C1. The molecule has 0 saturated carbocycles. The lowest BCUT2D eigenvalue weighted by Crippen LogP contribution is -2.12. The van der Waals surface area contributed by atoms with Gasteiger partial charge in [-0.1, -0.05) is 87.0 Å². The maximum absolute atomic E-state index is 4.75. The normalized spacial score (nSPS) is 14.9. The molecule has 0 heterocycles. The number of para-hydroxylation sites is 1. The summed E-state index contributed by atoms with van der Waals surface area (Å²) in [6.07, 6.45) is 6.43. The maximum Gasteiger partial charge on any atom is 0.0720 e. The molecule has 0 aromatic heterocycles. The third-order valence-electron chi connectivity index (χ3n) is 4.42. The maximum atomic E-state index is 4.75. The van der Waals surface area contributed by atoms with E-state index >= 15 is 0 Å². The first-order valence-electron chi connectivity index (χ1n) is 8.86. The molecule has 0 saturated heterocycles. The Balaban J connectivity index is 1.90. The van der Waals surface area contributed by atoms with Crippen molar-refractivity contribution in [1.29, 1.82) is 0 Å². The Morgan fingerprint density at radius 2 is 1.60 bits per heavy atom. The number of nitrogens with zero attached hydrogens (tertiary/aromatic N) is 1. The molecule has 0 fully saturated rings. The minimum absolute atomic E-state index is 0.164. The fourth-order valence-electron chi connectivity index (χ4n) is 3.18. The molecule has 0 unspecified atom stereocenters. The lowest BCUT2D eigenvalue weighted by atomic mass is 9.83. The monoisotopic (exact) mass is 330 g/mol. The summed E-state index contributed by atoms with van der Waals surface area (Å²) in [5, 5.41) is 4.75. The summed E-state index contributed by atoms with van der Waals surface area (Å²) in [6.45, 7) is 6.83. The Kier molecular flexibility index (Phi) is 5.18. The fraction of sp³-hybridized carbons (Fsp3) is 0.261. The average molecular weight is 330 g/mol. The lowest BCUT2D eigenvalue weighted by molar-refractivity contribution is 0.513. The molecular weight excluding hydrogens is 304 g/mol. The van der Waals surface area contributed by atoms with Crippen molar-refractivity contribution in [2.45, 2.75) is 33.6 Å². The van der Waals surface area contributed by atoms with E-state index in [0.717, 1.165) is 24.2 Å². The van der Waals surface area contributed by atoms with Crippen LogP contribution in [0.25, 0.3) is 0 Å². The average Bonchev–Trinajstić information content (AvgIpc) is 3.09. The van der Waals surface area contributed by atoms with E-state index in [4.69, 9.17) is 5.10 Å². The molecule has 0 radical (unpaired) electrons. The van der Waals surface area contributed by atoms with Gasteiger partial charge in [-0.2, -0.15) is 5.10 Å². The van der Waals surface area contributed by atoms with Crippen molar-refractivity contribution < 1.29 is 0 Å². The highest BCUT2D eigenvalue weighted by Gasteiger charge is 2.22. The number of anilines is 1. The van der Waals surface area contributed by atoms with Gasteiger partial charge in [-0.3, -0.25) is 5.43 Å². The highest BCUT2D eigenvalue weighted by molar-refractivity contribution is 6.02. The molecule has 1 aliphatic carbocycles. The highest BCUT2D eigenvalue weighted by atomic mass is 15.3. The molecule has 3 rings (SSSR count). The number of hydrogen-bond donors (Lipinski definition) is 1. The second-order valence-corrected chi connectivity index (χ2v) is 7.45. The zero-order valence-electron chi connectivity index (χ0n) is 15.3. The van der Waals surface area contributed by atoms with Gasteiger partial charge in [0, 0.05) is 6.42 Å². The lowest BCUT2D eigenvalue weighted by Gasteiger charge is -2.22. The first-order chi connectivity index (χ1) is 12.0. The quantitative estimate of drug-likeness (QED) is 0.512. The van der Waals surface area contributed by atoms with Crippen molar-refractivity contribution in [3.63, 3.8) is 0 Å². The Labute approximate surface area is 151 Å². The van der Waals surface area contributed by atoms with Crippen LogP contribution in [0.2, 0.25) is 0 Å². The van der Waals surface area contributed by atoms with Crippen LogP contribution < -0.4 is 5.43 Å². The molecule has 2 aromatic carbocycles. The van der Waals surface area contributed by atoms with E-state index in [1.807, 2.05) is 36.4 Å². The van der Waals surface area contributed by atoms with Crippen molar-refractivity contribution >= 4 is 11.4 Å². The van der Waals surface area contributed by atoms with Crippen LogP contribution in [0.3, 0.4) is 0 Å². The van der Waals surface area contributed by atoms with Crippen LogP contribution in [0, 0.1) is 5.41 Å². The van der Waals surface area contributed by atoms with Gasteiger partial charge in [0.05, 0.1) is 11.4 Å². The van der Waals surface area contributed by atoms with Gasteiger partial charge in [-0.05, 0) is 35.1 Å². The van der Waals surface area contributed by atoms with Gasteiger partial charge in [0.2, 0.25) is 0 Å². The molecule has 1 aliphatic rings. The van der Waals surface area contributed by atoms with Crippen molar-refractivity contribution in [2.24, 2.45) is 10.5 Å².